The highest BCUT2D eigenvalue weighted by Crippen LogP contribution is 2.25. The summed E-state index contributed by atoms with van der Waals surface area (Å²) in [5.74, 6) is 0.314. The molecule has 0 aliphatic carbocycles. The van der Waals surface area contributed by atoms with Crippen LogP contribution in [0.2, 0.25) is 0 Å². The molecule has 9 heteroatoms. The van der Waals surface area contributed by atoms with Crippen LogP contribution >= 0.6 is 11.3 Å². The van der Waals surface area contributed by atoms with Crippen LogP contribution < -0.4 is 10.6 Å². The minimum atomic E-state index is -0.258. The van der Waals surface area contributed by atoms with E-state index in [4.69, 9.17) is 4.74 Å². The fourth-order valence-corrected chi connectivity index (χ4v) is 4.09. The van der Waals surface area contributed by atoms with Gasteiger partial charge in [-0.15, -0.1) is 11.3 Å². The van der Waals surface area contributed by atoms with Crippen LogP contribution in [-0.4, -0.2) is 46.2 Å². The van der Waals surface area contributed by atoms with Gasteiger partial charge in [0.05, 0.1) is 22.9 Å². The number of nitrogens with zero attached hydrogens (tertiary/aromatic N) is 3. The smallest absolute Gasteiger partial charge is 0.271 e. The van der Waals surface area contributed by atoms with Gasteiger partial charge in [0, 0.05) is 26.0 Å². The number of rotatable bonds is 9. The molecule has 1 atom stereocenters. The summed E-state index contributed by atoms with van der Waals surface area (Å²) in [4.78, 5) is 26.2. The van der Waals surface area contributed by atoms with Crippen LogP contribution in [0.4, 0.5) is 5.95 Å². The lowest BCUT2D eigenvalue weighted by Crippen LogP contribution is -2.27. The summed E-state index contributed by atoms with van der Waals surface area (Å²) < 4.78 is 6.08. The second-order valence-electron chi connectivity index (χ2n) is 7.14. The molecule has 4 rings (SSSR count). The number of anilines is 1. The molecule has 3 N–H and O–H groups in total. The van der Waals surface area contributed by atoms with Crippen molar-refractivity contribution in [3.05, 3.63) is 77.1 Å². The first-order valence-electron chi connectivity index (χ1n) is 10.1. The third-order valence-electron chi connectivity index (χ3n) is 4.88. The molecule has 1 aromatic carbocycles. The summed E-state index contributed by atoms with van der Waals surface area (Å²) in [6.07, 6.45) is 4.12. The molecule has 0 aliphatic rings. The van der Waals surface area contributed by atoms with Gasteiger partial charge < -0.3 is 20.5 Å². The highest BCUT2D eigenvalue weighted by molar-refractivity contribution is 7.17. The molecular weight excluding hydrogens is 426 g/mol. The van der Waals surface area contributed by atoms with Crippen LogP contribution in [0.3, 0.4) is 0 Å². The van der Waals surface area contributed by atoms with E-state index >= 15 is 0 Å². The van der Waals surface area contributed by atoms with Gasteiger partial charge in [-0.25, -0.2) is 9.97 Å². The first-order valence-corrected chi connectivity index (χ1v) is 11.0. The van der Waals surface area contributed by atoms with Crippen molar-refractivity contribution in [3.8, 4) is 5.75 Å². The van der Waals surface area contributed by atoms with Crippen molar-refractivity contribution in [3.63, 3.8) is 0 Å². The van der Waals surface area contributed by atoms with Crippen LogP contribution in [0.25, 0.3) is 10.2 Å². The second-order valence-corrected chi connectivity index (χ2v) is 8.06. The van der Waals surface area contributed by atoms with Gasteiger partial charge in [-0.05, 0) is 47.2 Å². The SMILES string of the molecule is COCC(Nc1nc(C(=O)NCCc2ccc(O)cc2)c2sccc2n1)c1cccnc1. The molecule has 0 radical (unpaired) electrons. The standard InChI is InChI=1S/C23H23N5O3S/c1-31-14-19(16-3-2-10-24-13-16)27-23-26-18-9-12-32-21(18)20(28-23)22(30)25-11-8-15-4-6-17(29)7-5-15/h2-7,9-10,12-13,19,29H,8,11,14H2,1H3,(H,25,30)(H,26,27,28). The Morgan fingerprint density at radius 3 is 2.78 bits per heavy atom. The Balaban J connectivity index is 1.51. The molecule has 0 saturated heterocycles. The number of methoxy groups -OCH3 is 1. The van der Waals surface area contributed by atoms with Crippen molar-refractivity contribution < 1.29 is 14.6 Å². The van der Waals surface area contributed by atoms with Gasteiger partial charge in [0.15, 0.2) is 5.69 Å². The number of ether oxygens (including phenoxy) is 1. The molecule has 1 amide bonds. The van der Waals surface area contributed by atoms with E-state index in [1.54, 1.807) is 31.6 Å². The number of fused-ring (bicyclic) bond motifs is 1. The number of phenols is 1. The Labute approximate surface area is 189 Å². The van der Waals surface area contributed by atoms with Gasteiger partial charge >= 0.3 is 0 Å². The number of carbonyl (C=O) groups excluding carboxylic acids is 1. The van der Waals surface area contributed by atoms with Crippen LogP contribution in [0.15, 0.2) is 60.2 Å². The number of phenolic OH excluding ortho intramolecular Hbond substituents is 1. The predicted molar refractivity (Wildman–Crippen MR) is 124 cm³/mol. The normalized spacial score (nSPS) is 11.9. The lowest BCUT2D eigenvalue weighted by Gasteiger charge is -2.18. The Morgan fingerprint density at radius 2 is 2.03 bits per heavy atom. The van der Waals surface area contributed by atoms with E-state index in [1.807, 2.05) is 35.7 Å². The third-order valence-corrected chi connectivity index (χ3v) is 5.79. The van der Waals surface area contributed by atoms with Crippen LogP contribution in [0.5, 0.6) is 5.75 Å². The summed E-state index contributed by atoms with van der Waals surface area (Å²) in [6.45, 7) is 0.843. The maximum atomic E-state index is 12.9. The molecular formula is C23H23N5O3S. The summed E-state index contributed by atoms with van der Waals surface area (Å²) in [7, 11) is 1.63. The predicted octanol–water partition coefficient (Wildman–Crippen LogP) is 3.56. The zero-order chi connectivity index (χ0) is 22.3. The summed E-state index contributed by atoms with van der Waals surface area (Å²) in [5, 5.41) is 17.5. The molecule has 4 aromatic rings. The summed E-state index contributed by atoms with van der Waals surface area (Å²) >= 11 is 1.43. The summed E-state index contributed by atoms with van der Waals surface area (Å²) in [6, 6.07) is 12.4. The lowest BCUT2D eigenvalue weighted by molar-refractivity contribution is 0.0951. The molecule has 0 aliphatic heterocycles. The fraction of sp³-hybridized carbons (Fsp3) is 0.217. The monoisotopic (exact) mass is 449 g/mol. The number of thiophene rings is 1. The number of aromatic nitrogens is 3. The quantitative estimate of drug-likeness (QED) is 0.358. The van der Waals surface area contributed by atoms with E-state index in [0.717, 1.165) is 15.8 Å². The zero-order valence-electron chi connectivity index (χ0n) is 17.5. The number of pyridine rings is 1. The van der Waals surface area contributed by atoms with Gasteiger partial charge in [-0.1, -0.05) is 18.2 Å². The topological polar surface area (TPSA) is 109 Å². The number of carbonyl (C=O) groups is 1. The zero-order valence-corrected chi connectivity index (χ0v) is 18.3. The maximum Gasteiger partial charge on any atom is 0.271 e. The van der Waals surface area contributed by atoms with Crippen molar-refractivity contribution in [1.29, 1.82) is 0 Å². The van der Waals surface area contributed by atoms with E-state index in [0.29, 0.717) is 36.7 Å². The van der Waals surface area contributed by atoms with Crippen molar-refractivity contribution in [2.75, 3.05) is 25.6 Å². The first kappa shape index (κ1) is 21.7. The Bertz CT molecular complexity index is 1180. The molecule has 1 unspecified atom stereocenters. The van der Waals surface area contributed by atoms with Gasteiger partial charge in [0.25, 0.3) is 5.91 Å². The van der Waals surface area contributed by atoms with Crippen LogP contribution in [0, 0.1) is 0 Å². The second kappa shape index (κ2) is 10.2. The number of hydrogen-bond acceptors (Lipinski definition) is 8. The number of aromatic hydroxyl groups is 1. The highest BCUT2D eigenvalue weighted by atomic mass is 32.1. The number of hydrogen-bond donors (Lipinski definition) is 3. The number of benzene rings is 1. The fourth-order valence-electron chi connectivity index (χ4n) is 3.27. The van der Waals surface area contributed by atoms with Crippen molar-refractivity contribution >= 4 is 33.4 Å². The van der Waals surface area contributed by atoms with E-state index in [9.17, 15) is 9.90 Å². The Kier molecular flexibility index (Phi) is 6.88. The number of nitrogens with one attached hydrogen (secondary N) is 2. The average Bonchev–Trinajstić information content (AvgIpc) is 3.29. The maximum absolute atomic E-state index is 12.9. The molecule has 0 fully saturated rings. The highest BCUT2D eigenvalue weighted by Gasteiger charge is 2.19. The number of amides is 1. The summed E-state index contributed by atoms with van der Waals surface area (Å²) in [5.41, 5.74) is 3.00. The van der Waals surface area contributed by atoms with Gasteiger partial charge in [-0.2, -0.15) is 0 Å². The largest absolute Gasteiger partial charge is 0.508 e. The van der Waals surface area contributed by atoms with Gasteiger partial charge in [-0.3, -0.25) is 9.78 Å². The van der Waals surface area contributed by atoms with Gasteiger partial charge in [0.1, 0.15) is 5.75 Å². The third kappa shape index (κ3) is 5.19. The van der Waals surface area contributed by atoms with E-state index < -0.39 is 0 Å². The molecule has 8 nitrogen and oxygen atoms in total. The first-order chi connectivity index (χ1) is 15.6. The van der Waals surface area contributed by atoms with Gasteiger partial charge in [0.2, 0.25) is 5.95 Å². The van der Waals surface area contributed by atoms with Crippen molar-refractivity contribution in [2.45, 2.75) is 12.5 Å². The Hall–Kier alpha value is -3.56. The molecule has 164 valence electrons. The average molecular weight is 450 g/mol. The molecule has 3 aromatic heterocycles. The molecule has 0 saturated carbocycles. The van der Waals surface area contributed by atoms with E-state index in [2.05, 4.69) is 25.6 Å². The van der Waals surface area contributed by atoms with E-state index in [1.165, 1.54) is 11.3 Å². The van der Waals surface area contributed by atoms with Crippen molar-refractivity contribution in [1.82, 2.24) is 20.3 Å². The van der Waals surface area contributed by atoms with E-state index in [-0.39, 0.29) is 17.7 Å². The molecule has 3 heterocycles. The molecule has 32 heavy (non-hydrogen) atoms. The van der Waals surface area contributed by atoms with Crippen LogP contribution in [-0.2, 0) is 11.2 Å². The lowest BCUT2D eigenvalue weighted by atomic mass is 10.1. The minimum Gasteiger partial charge on any atom is -0.508 e. The molecule has 0 spiro atoms. The van der Waals surface area contributed by atoms with Crippen LogP contribution in [0.1, 0.15) is 27.7 Å². The Morgan fingerprint density at radius 1 is 1.19 bits per heavy atom. The van der Waals surface area contributed by atoms with Crippen molar-refractivity contribution in [2.24, 2.45) is 0 Å². The minimum absolute atomic E-state index is 0.213. The molecule has 0 bridgehead atoms.